The Morgan fingerprint density at radius 2 is 1.91 bits per heavy atom. The number of hydrogen-bond acceptors (Lipinski definition) is 7. The molecule has 1 aliphatic rings. The number of aromatic nitrogens is 2. The SMILES string of the molecule is COc1nc(N2CCC(O)CC2)c2cc(CC#N)c(-c3cc(O)cc4ccccc34)c(F)c2n1. The zero-order valence-corrected chi connectivity index (χ0v) is 18.6. The molecule has 0 amide bonds. The van der Waals surface area contributed by atoms with Crippen LogP contribution in [0.3, 0.4) is 0 Å². The minimum absolute atomic E-state index is 0.00364. The molecule has 0 atom stereocenters. The standard InChI is InChI=1S/C26H23FN4O3/c1-34-26-29-24-21(25(30-26)31-10-7-17(32)8-11-31)13-16(6-9-28)22(23(24)27)20-14-18(33)12-15-4-2-3-5-19(15)20/h2-5,12-14,17,32-33H,6-8,10-11H2,1H3. The predicted octanol–water partition coefficient (Wildman–Crippen LogP) is 4.33. The average molecular weight is 458 g/mol. The largest absolute Gasteiger partial charge is 0.508 e. The van der Waals surface area contributed by atoms with Gasteiger partial charge in [0.05, 0.1) is 25.7 Å². The highest BCUT2D eigenvalue weighted by atomic mass is 19.1. The molecule has 8 heteroatoms. The molecule has 3 aromatic carbocycles. The van der Waals surface area contributed by atoms with Gasteiger partial charge in [0.15, 0.2) is 5.82 Å². The van der Waals surface area contributed by atoms with Crippen molar-refractivity contribution >= 4 is 27.5 Å². The van der Waals surface area contributed by atoms with Crippen molar-refractivity contribution < 1.29 is 19.3 Å². The average Bonchev–Trinajstić information content (AvgIpc) is 2.84. The molecule has 0 saturated carbocycles. The second-order valence-corrected chi connectivity index (χ2v) is 8.42. The highest BCUT2D eigenvalue weighted by Gasteiger charge is 2.26. The summed E-state index contributed by atoms with van der Waals surface area (Å²) in [5.41, 5.74) is 1.27. The van der Waals surface area contributed by atoms with Crippen molar-refractivity contribution in [2.45, 2.75) is 25.4 Å². The van der Waals surface area contributed by atoms with E-state index >= 15 is 4.39 Å². The van der Waals surface area contributed by atoms with Gasteiger partial charge in [0.2, 0.25) is 0 Å². The smallest absolute Gasteiger partial charge is 0.318 e. The van der Waals surface area contributed by atoms with Gasteiger partial charge >= 0.3 is 6.01 Å². The molecule has 0 unspecified atom stereocenters. The van der Waals surface area contributed by atoms with E-state index < -0.39 is 5.82 Å². The lowest BCUT2D eigenvalue weighted by Crippen LogP contribution is -2.36. The van der Waals surface area contributed by atoms with Crippen molar-refractivity contribution in [1.82, 2.24) is 9.97 Å². The monoisotopic (exact) mass is 458 g/mol. The number of fused-ring (bicyclic) bond motifs is 2. The Bertz CT molecular complexity index is 1440. The fourth-order valence-electron chi connectivity index (χ4n) is 4.67. The zero-order chi connectivity index (χ0) is 23.8. The summed E-state index contributed by atoms with van der Waals surface area (Å²) in [6.07, 6.45) is 0.752. The Hall–Kier alpha value is -3.96. The van der Waals surface area contributed by atoms with E-state index in [4.69, 9.17) is 4.74 Å². The van der Waals surface area contributed by atoms with E-state index in [1.54, 1.807) is 12.1 Å². The molecule has 4 aromatic rings. The summed E-state index contributed by atoms with van der Waals surface area (Å²) in [5, 5.41) is 31.8. The van der Waals surface area contributed by atoms with Gasteiger partial charge < -0.3 is 19.8 Å². The van der Waals surface area contributed by atoms with E-state index in [2.05, 4.69) is 16.0 Å². The maximum Gasteiger partial charge on any atom is 0.318 e. The third kappa shape index (κ3) is 3.74. The first-order valence-corrected chi connectivity index (χ1v) is 11.1. The van der Waals surface area contributed by atoms with Gasteiger partial charge in [-0.2, -0.15) is 15.2 Å². The van der Waals surface area contributed by atoms with Crippen molar-refractivity contribution in [1.29, 1.82) is 5.26 Å². The van der Waals surface area contributed by atoms with Gasteiger partial charge in [0, 0.05) is 24.0 Å². The molecule has 1 fully saturated rings. The molecule has 2 N–H and O–H groups in total. The number of ether oxygens (including phenoxy) is 1. The molecular formula is C26H23FN4O3. The first-order chi connectivity index (χ1) is 16.5. The second kappa shape index (κ2) is 8.76. The first-order valence-electron chi connectivity index (χ1n) is 11.1. The van der Waals surface area contributed by atoms with Gasteiger partial charge in [-0.25, -0.2) is 4.39 Å². The van der Waals surface area contributed by atoms with E-state index in [1.807, 2.05) is 29.2 Å². The van der Waals surface area contributed by atoms with Crippen molar-refractivity contribution in [2.24, 2.45) is 0 Å². The molecule has 0 radical (unpaired) electrons. The topological polar surface area (TPSA) is 102 Å². The molecule has 172 valence electrons. The number of benzene rings is 3. The van der Waals surface area contributed by atoms with Crippen LogP contribution in [0.15, 0.2) is 42.5 Å². The van der Waals surface area contributed by atoms with E-state index in [0.29, 0.717) is 48.3 Å². The van der Waals surface area contributed by atoms with Crippen LogP contribution >= 0.6 is 0 Å². The van der Waals surface area contributed by atoms with E-state index in [9.17, 15) is 15.5 Å². The normalized spacial score (nSPS) is 14.5. The summed E-state index contributed by atoms with van der Waals surface area (Å²) in [6, 6.07) is 14.5. The summed E-state index contributed by atoms with van der Waals surface area (Å²) in [5.74, 6) is -0.0828. The summed E-state index contributed by atoms with van der Waals surface area (Å²) in [6.45, 7) is 1.12. The summed E-state index contributed by atoms with van der Waals surface area (Å²) >= 11 is 0. The zero-order valence-electron chi connectivity index (χ0n) is 18.6. The number of nitriles is 1. The van der Waals surface area contributed by atoms with E-state index in [0.717, 1.165) is 10.8 Å². The summed E-state index contributed by atoms with van der Waals surface area (Å²) in [7, 11) is 1.43. The highest BCUT2D eigenvalue weighted by molar-refractivity contribution is 6.02. The molecule has 1 saturated heterocycles. The Morgan fingerprint density at radius 3 is 2.65 bits per heavy atom. The highest BCUT2D eigenvalue weighted by Crippen LogP contribution is 2.41. The minimum Gasteiger partial charge on any atom is -0.508 e. The summed E-state index contributed by atoms with van der Waals surface area (Å²) < 4.78 is 21.6. The molecule has 5 rings (SSSR count). The molecule has 0 spiro atoms. The fraction of sp³-hybridized carbons (Fsp3) is 0.269. The Labute approximate surface area is 195 Å². The Morgan fingerprint density at radius 1 is 1.15 bits per heavy atom. The van der Waals surface area contributed by atoms with Crippen LogP contribution in [-0.2, 0) is 6.42 Å². The van der Waals surface area contributed by atoms with Crippen LogP contribution < -0.4 is 9.64 Å². The van der Waals surface area contributed by atoms with Crippen LogP contribution in [0, 0.1) is 17.1 Å². The minimum atomic E-state index is -0.600. The van der Waals surface area contributed by atoms with Crippen LogP contribution in [0.5, 0.6) is 11.8 Å². The number of nitrogens with zero attached hydrogens (tertiary/aromatic N) is 4. The van der Waals surface area contributed by atoms with Crippen molar-refractivity contribution in [3.63, 3.8) is 0 Å². The van der Waals surface area contributed by atoms with Gasteiger partial charge in [0.1, 0.15) is 17.1 Å². The molecular weight excluding hydrogens is 435 g/mol. The number of hydrogen-bond donors (Lipinski definition) is 2. The van der Waals surface area contributed by atoms with Gasteiger partial charge in [-0.05, 0) is 52.9 Å². The van der Waals surface area contributed by atoms with E-state index in [-0.39, 0.29) is 35.4 Å². The van der Waals surface area contributed by atoms with Crippen molar-refractivity contribution in [2.75, 3.05) is 25.1 Å². The number of aromatic hydroxyl groups is 1. The maximum absolute atomic E-state index is 16.3. The molecule has 1 aromatic heterocycles. The number of aliphatic hydroxyl groups is 1. The van der Waals surface area contributed by atoms with Crippen LogP contribution in [0.4, 0.5) is 10.2 Å². The molecule has 0 bridgehead atoms. The van der Waals surface area contributed by atoms with Gasteiger partial charge in [-0.3, -0.25) is 0 Å². The molecule has 2 heterocycles. The third-order valence-corrected chi connectivity index (χ3v) is 6.30. The van der Waals surface area contributed by atoms with Crippen LogP contribution in [0.25, 0.3) is 32.8 Å². The van der Waals surface area contributed by atoms with Gasteiger partial charge in [-0.15, -0.1) is 0 Å². The van der Waals surface area contributed by atoms with E-state index in [1.165, 1.54) is 13.2 Å². The van der Waals surface area contributed by atoms with Crippen molar-refractivity contribution in [3.8, 4) is 29.0 Å². The number of anilines is 1. The lowest BCUT2D eigenvalue weighted by molar-refractivity contribution is 0.145. The predicted molar refractivity (Wildman–Crippen MR) is 127 cm³/mol. The number of aliphatic hydroxyl groups excluding tert-OH is 1. The summed E-state index contributed by atoms with van der Waals surface area (Å²) in [4.78, 5) is 10.8. The number of methoxy groups -OCH3 is 1. The molecule has 1 aliphatic heterocycles. The first kappa shape index (κ1) is 21.9. The van der Waals surface area contributed by atoms with Crippen molar-refractivity contribution in [3.05, 3.63) is 53.8 Å². The lowest BCUT2D eigenvalue weighted by Gasteiger charge is -2.31. The number of phenolic OH excluding ortho intramolecular Hbond substituents is 1. The number of phenols is 1. The third-order valence-electron chi connectivity index (χ3n) is 6.30. The van der Waals surface area contributed by atoms with Crippen LogP contribution in [0.1, 0.15) is 18.4 Å². The quantitative estimate of drug-likeness (QED) is 0.469. The lowest BCUT2D eigenvalue weighted by atomic mass is 9.91. The van der Waals surface area contributed by atoms with Crippen LogP contribution in [0.2, 0.25) is 0 Å². The van der Waals surface area contributed by atoms with Gasteiger partial charge in [0.25, 0.3) is 0 Å². The number of piperidine rings is 1. The Balaban J connectivity index is 1.82. The fourth-order valence-corrected chi connectivity index (χ4v) is 4.67. The molecule has 34 heavy (non-hydrogen) atoms. The maximum atomic E-state index is 16.3. The Kier molecular flexibility index (Phi) is 5.64. The van der Waals surface area contributed by atoms with Gasteiger partial charge in [-0.1, -0.05) is 24.3 Å². The second-order valence-electron chi connectivity index (χ2n) is 8.42. The molecule has 0 aliphatic carbocycles. The number of halogens is 1. The number of rotatable bonds is 4. The molecule has 7 nitrogen and oxygen atoms in total. The van der Waals surface area contributed by atoms with Crippen LogP contribution in [-0.4, -0.2) is 46.5 Å².